The van der Waals surface area contributed by atoms with Crippen molar-refractivity contribution in [1.82, 2.24) is 0 Å². The van der Waals surface area contributed by atoms with Crippen molar-refractivity contribution in [2.24, 2.45) is 5.90 Å². The van der Waals surface area contributed by atoms with Gasteiger partial charge in [-0.2, -0.15) is 0 Å². The molecule has 0 unspecified atom stereocenters. The highest BCUT2D eigenvalue weighted by atomic mass is 16.6. The number of rotatable bonds is 4. The molecule has 1 rings (SSSR count). The first-order valence-electron chi connectivity index (χ1n) is 3.57. The fraction of sp³-hybridized carbons (Fsp3) is 0.250. The van der Waals surface area contributed by atoms with E-state index in [-0.39, 0.29) is 0 Å². The number of para-hydroxylation sites is 1. The van der Waals surface area contributed by atoms with Crippen LogP contribution in [0.1, 0.15) is 5.56 Å². The number of nitrogens with two attached hydrogens (primary N) is 1. The quantitative estimate of drug-likeness (QED) is 0.660. The molecular weight excluding hydrogens is 156 g/mol. The number of hydrogen-bond acceptors (Lipinski definition) is 4. The molecule has 12 heavy (non-hydrogen) atoms. The second-order valence-electron chi connectivity index (χ2n) is 2.27. The summed E-state index contributed by atoms with van der Waals surface area (Å²) in [7, 11) is 1.56. The van der Waals surface area contributed by atoms with Crippen LogP contribution < -0.4 is 11.4 Å². The highest BCUT2D eigenvalue weighted by Crippen LogP contribution is 2.14. The molecular formula is C8H12N2O2. The summed E-state index contributed by atoms with van der Waals surface area (Å²) in [5.74, 6) is 4.96. The molecule has 0 fully saturated rings. The maximum atomic E-state index is 4.96. The van der Waals surface area contributed by atoms with Crippen LogP contribution >= 0.6 is 0 Å². The van der Waals surface area contributed by atoms with Gasteiger partial charge in [-0.25, -0.2) is 5.90 Å². The van der Waals surface area contributed by atoms with E-state index in [1.54, 1.807) is 7.11 Å². The fourth-order valence-electron chi connectivity index (χ4n) is 0.945. The van der Waals surface area contributed by atoms with E-state index in [1.807, 2.05) is 24.3 Å². The van der Waals surface area contributed by atoms with Crippen LogP contribution in [-0.2, 0) is 16.3 Å². The lowest BCUT2D eigenvalue weighted by Crippen LogP contribution is -2.04. The molecule has 0 aromatic heterocycles. The first-order chi connectivity index (χ1) is 5.88. The van der Waals surface area contributed by atoms with E-state index in [9.17, 15) is 0 Å². The Morgan fingerprint density at radius 1 is 1.42 bits per heavy atom. The van der Waals surface area contributed by atoms with Gasteiger partial charge in [-0.1, -0.05) is 18.2 Å². The summed E-state index contributed by atoms with van der Waals surface area (Å²) in [6.07, 6.45) is 0. The molecule has 66 valence electrons. The van der Waals surface area contributed by atoms with Crippen molar-refractivity contribution < 1.29 is 9.68 Å². The molecule has 0 heterocycles. The monoisotopic (exact) mass is 168 g/mol. The number of nitrogens with one attached hydrogen (secondary N) is 1. The molecule has 0 saturated carbocycles. The van der Waals surface area contributed by atoms with Gasteiger partial charge in [0.15, 0.2) is 0 Å². The Morgan fingerprint density at radius 3 is 2.83 bits per heavy atom. The molecule has 0 aliphatic rings. The molecule has 0 radical (unpaired) electrons. The standard InChI is InChI=1S/C8H12N2O2/c1-11-10-8-5-3-2-4-7(8)6-12-9/h2-5,10H,6,9H2,1H3. The van der Waals surface area contributed by atoms with Crippen molar-refractivity contribution in [3.63, 3.8) is 0 Å². The van der Waals surface area contributed by atoms with E-state index in [1.165, 1.54) is 0 Å². The predicted octanol–water partition coefficient (Wildman–Crippen LogP) is 1.05. The SMILES string of the molecule is CONc1ccccc1CON. The molecule has 1 aromatic rings. The van der Waals surface area contributed by atoms with Crippen LogP contribution in [0.4, 0.5) is 5.69 Å². The number of anilines is 1. The topological polar surface area (TPSA) is 56.5 Å². The van der Waals surface area contributed by atoms with Gasteiger partial charge >= 0.3 is 0 Å². The van der Waals surface area contributed by atoms with E-state index >= 15 is 0 Å². The van der Waals surface area contributed by atoms with Crippen LogP contribution in [-0.4, -0.2) is 7.11 Å². The van der Waals surface area contributed by atoms with E-state index in [2.05, 4.69) is 10.3 Å². The molecule has 0 aliphatic heterocycles. The fourth-order valence-corrected chi connectivity index (χ4v) is 0.945. The lowest BCUT2D eigenvalue weighted by Gasteiger charge is -2.07. The summed E-state index contributed by atoms with van der Waals surface area (Å²) in [6.45, 7) is 0.368. The third kappa shape index (κ3) is 2.20. The zero-order valence-electron chi connectivity index (χ0n) is 6.91. The molecule has 0 aliphatic carbocycles. The average Bonchev–Trinajstić information content (AvgIpc) is 2.09. The van der Waals surface area contributed by atoms with Crippen molar-refractivity contribution >= 4 is 5.69 Å². The Morgan fingerprint density at radius 2 is 2.17 bits per heavy atom. The van der Waals surface area contributed by atoms with Crippen molar-refractivity contribution in [3.8, 4) is 0 Å². The van der Waals surface area contributed by atoms with Crippen LogP contribution in [0.25, 0.3) is 0 Å². The number of hydrogen-bond donors (Lipinski definition) is 2. The minimum atomic E-state index is 0.368. The second-order valence-corrected chi connectivity index (χ2v) is 2.27. The minimum Gasteiger partial charge on any atom is -0.300 e. The minimum absolute atomic E-state index is 0.368. The lowest BCUT2D eigenvalue weighted by atomic mass is 10.2. The molecule has 0 bridgehead atoms. The van der Waals surface area contributed by atoms with Gasteiger partial charge < -0.3 is 0 Å². The normalized spacial score (nSPS) is 9.83. The zero-order chi connectivity index (χ0) is 8.81. The Bertz CT molecular complexity index is 215. The maximum absolute atomic E-state index is 4.96. The van der Waals surface area contributed by atoms with Crippen molar-refractivity contribution in [1.29, 1.82) is 0 Å². The van der Waals surface area contributed by atoms with Gasteiger partial charge in [-0.05, 0) is 6.07 Å². The lowest BCUT2D eigenvalue weighted by molar-refractivity contribution is 0.124. The van der Waals surface area contributed by atoms with Crippen LogP contribution in [0.3, 0.4) is 0 Å². The highest BCUT2D eigenvalue weighted by Gasteiger charge is 1.98. The Balaban J connectivity index is 2.77. The molecule has 0 amide bonds. The summed E-state index contributed by atoms with van der Waals surface area (Å²) < 4.78 is 0. The molecule has 1 aromatic carbocycles. The molecule has 0 saturated heterocycles. The number of benzene rings is 1. The van der Waals surface area contributed by atoms with Crippen molar-refractivity contribution in [2.75, 3.05) is 12.6 Å². The second kappa shape index (κ2) is 4.71. The van der Waals surface area contributed by atoms with Crippen LogP contribution in [0.5, 0.6) is 0 Å². The molecule has 4 nitrogen and oxygen atoms in total. The van der Waals surface area contributed by atoms with Crippen molar-refractivity contribution in [3.05, 3.63) is 29.8 Å². The summed E-state index contributed by atoms with van der Waals surface area (Å²) in [4.78, 5) is 9.29. The van der Waals surface area contributed by atoms with Crippen molar-refractivity contribution in [2.45, 2.75) is 6.61 Å². The van der Waals surface area contributed by atoms with Crippen LogP contribution in [0.15, 0.2) is 24.3 Å². The average molecular weight is 168 g/mol. The Hall–Kier alpha value is -1.10. The third-order valence-electron chi connectivity index (χ3n) is 1.47. The van der Waals surface area contributed by atoms with Crippen LogP contribution in [0.2, 0.25) is 0 Å². The van der Waals surface area contributed by atoms with Gasteiger partial charge in [-0.15, -0.1) is 0 Å². The molecule has 0 atom stereocenters. The van der Waals surface area contributed by atoms with Gasteiger partial charge in [0.1, 0.15) is 0 Å². The van der Waals surface area contributed by atoms with Gasteiger partial charge in [0.25, 0.3) is 0 Å². The van der Waals surface area contributed by atoms with E-state index in [0.29, 0.717) is 6.61 Å². The molecule has 3 N–H and O–H groups in total. The zero-order valence-corrected chi connectivity index (χ0v) is 6.91. The Kier molecular flexibility index (Phi) is 3.53. The van der Waals surface area contributed by atoms with E-state index in [4.69, 9.17) is 10.7 Å². The smallest absolute Gasteiger partial charge is 0.0950 e. The maximum Gasteiger partial charge on any atom is 0.0950 e. The highest BCUT2D eigenvalue weighted by molar-refractivity contribution is 5.48. The van der Waals surface area contributed by atoms with Gasteiger partial charge in [-0.3, -0.25) is 15.2 Å². The summed E-state index contributed by atoms with van der Waals surface area (Å²) >= 11 is 0. The third-order valence-corrected chi connectivity index (χ3v) is 1.47. The molecule has 4 heteroatoms. The van der Waals surface area contributed by atoms with Gasteiger partial charge in [0.2, 0.25) is 0 Å². The van der Waals surface area contributed by atoms with Gasteiger partial charge in [0.05, 0.1) is 19.4 Å². The summed E-state index contributed by atoms with van der Waals surface area (Å²) in [5.41, 5.74) is 4.55. The van der Waals surface area contributed by atoms with E-state index < -0.39 is 0 Å². The largest absolute Gasteiger partial charge is 0.300 e. The first-order valence-corrected chi connectivity index (χ1v) is 3.57. The van der Waals surface area contributed by atoms with Gasteiger partial charge in [0, 0.05) is 5.56 Å². The summed E-state index contributed by atoms with van der Waals surface area (Å²) in [6, 6.07) is 7.61. The Labute approximate surface area is 71.2 Å². The summed E-state index contributed by atoms with van der Waals surface area (Å²) in [5, 5.41) is 0. The first kappa shape index (κ1) is 8.99. The predicted molar refractivity (Wildman–Crippen MR) is 46.1 cm³/mol. The van der Waals surface area contributed by atoms with E-state index in [0.717, 1.165) is 11.3 Å². The molecule has 0 spiro atoms. The van der Waals surface area contributed by atoms with Crippen LogP contribution in [0, 0.1) is 0 Å².